The van der Waals surface area contributed by atoms with Crippen LogP contribution in [0.4, 0.5) is 5.82 Å². The monoisotopic (exact) mass is 203 g/mol. The van der Waals surface area contributed by atoms with Gasteiger partial charge in [-0.1, -0.05) is 13.8 Å². The zero-order valence-corrected chi connectivity index (χ0v) is 9.73. The fourth-order valence-electron chi connectivity index (χ4n) is 1.34. The molecule has 0 amide bonds. The first kappa shape index (κ1) is 11.5. The van der Waals surface area contributed by atoms with Crippen LogP contribution in [0.1, 0.15) is 26.3 Å². The first-order valence-electron chi connectivity index (χ1n) is 5.15. The second-order valence-electron chi connectivity index (χ2n) is 4.11. The molecule has 1 atom stereocenters. The molecule has 0 fully saturated rings. The topological polar surface area (TPSA) is 39.9 Å². The Balaban J connectivity index is 2.91. The van der Waals surface area contributed by atoms with Crippen LogP contribution in [-0.2, 0) is 0 Å². The largest absolute Gasteiger partial charge is 0.357 e. The Morgan fingerprint density at radius 3 is 2.60 bits per heavy atom. The molecule has 0 aliphatic rings. The van der Waals surface area contributed by atoms with Crippen molar-refractivity contribution in [2.24, 2.45) is 5.92 Å². The number of rotatable bonds is 3. The van der Waals surface area contributed by atoms with Crippen LogP contribution in [0.3, 0.4) is 0 Å². The molecule has 3 heteroatoms. The Labute approximate surface area is 91.4 Å². The number of pyridine rings is 1. The van der Waals surface area contributed by atoms with E-state index in [-0.39, 0.29) is 0 Å². The quantitative estimate of drug-likeness (QED) is 0.757. The van der Waals surface area contributed by atoms with Crippen LogP contribution in [0.5, 0.6) is 0 Å². The van der Waals surface area contributed by atoms with Gasteiger partial charge in [-0.05, 0) is 25.0 Å². The molecule has 0 aliphatic heterocycles. The number of nitrogens with zero attached hydrogens (tertiary/aromatic N) is 3. The minimum atomic E-state index is 0.409. The van der Waals surface area contributed by atoms with Gasteiger partial charge in [0.1, 0.15) is 5.82 Å². The van der Waals surface area contributed by atoms with Crippen molar-refractivity contribution in [3.63, 3.8) is 0 Å². The Hall–Kier alpha value is -1.56. The fraction of sp³-hybridized carbons (Fsp3) is 0.500. The average Bonchev–Trinajstić information content (AvgIpc) is 2.27. The summed E-state index contributed by atoms with van der Waals surface area (Å²) in [6.07, 6.45) is 1.68. The summed E-state index contributed by atoms with van der Waals surface area (Å²) in [7, 11) is 2.01. The highest BCUT2D eigenvalue weighted by molar-refractivity contribution is 5.44. The molecule has 0 bridgehead atoms. The third-order valence-electron chi connectivity index (χ3n) is 2.81. The van der Waals surface area contributed by atoms with E-state index in [4.69, 9.17) is 5.26 Å². The van der Waals surface area contributed by atoms with Crippen molar-refractivity contribution in [3.05, 3.63) is 23.9 Å². The summed E-state index contributed by atoms with van der Waals surface area (Å²) in [5.41, 5.74) is 0.655. The summed E-state index contributed by atoms with van der Waals surface area (Å²) in [6, 6.07) is 6.07. The molecule has 1 rings (SSSR count). The lowest BCUT2D eigenvalue weighted by molar-refractivity contribution is 0.503. The van der Waals surface area contributed by atoms with Gasteiger partial charge in [-0.15, -0.1) is 0 Å². The van der Waals surface area contributed by atoms with E-state index in [9.17, 15) is 0 Å². The van der Waals surface area contributed by atoms with Crippen LogP contribution < -0.4 is 4.90 Å². The number of hydrogen-bond acceptors (Lipinski definition) is 3. The molecule has 0 radical (unpaired) electrons. The van der Waals surface area contributed by atoms with Crippen molar-refractivity contribution in [3.8, 4) is 6.07 Å². The van der Waals surface area contributed by atoms with E-state index < -0.39 is 0 Å². The van der Waals surface area contributed by atoms with Gasteiger partial charge in [0.15, 0.2) is 0 Å². The summed E-state index contributed by atoms with van der Waals surface area (Å²) in [5.74, 6) is 1.41. The smallest absolute Gasteiger partial charge is 0.129 e. The Bertz CT molecular complexity index is 365. The van der Waals surface area contributed by atoms with Crippen LogP contribution in [-0.4, -0.2) is 18.1 Å². The maximum Gasteiger partial charge on any atom is 0.129 e. The van der Waals surface area contributed by atoms with Crippen LogP contribution in [0, 0.1) is 17.2 Å². The molecule has 1 unspecified atom stereocenters. The summed E-state index contributed by atoms with van der Waals surface area (Å²) < 4.78 is 0. The van der Waals surface area contributed by atoms with Gasteiger partial charge in [-0.25, -0.2) is 4.98 Å². The lowest BCUT2D eigenvalue weighted by Gasteiger charge is -2.28. The highest BCUT2D eigenvalue weighted by Crippen LogP contribution is 2.17. The van der Waals surface area contributed by atoms with Crippen molar-refractivity contribution >= 4 is 5.82 Å². The molecule has 0 aromatic carbocycles. The highest BCUT2D eigenvalue weighted by atomic mass is 15.2. The third-order valence-corrected chi connectivity index (χ3v) is 2.81. The molecule has 1 aromatic heterocycles. The summed E-state index contributed by atoms with van der Waals surface area (Å²) >= 11 is 0. The van der Waals surface area contributed by atoms with Crippen molar-refractivity contribution in [1.29, 1.82) is 5.26 Å². The van der Waals surface area contributed by atoms with Crippen LogP contribution in [0.15, 0.2) is 18.3 Å². The van der Waals surface area contributed by atoms with Crippen LogP contribution in [0.25, 0.3) is 0 Å². The highest BCUT2D eigenvalue weighted by Gasteiger charge is 2.14. The molecule has 0 saturated carbocycles. The lowest BCUT2D eigenvalue weighted by atomic mass is 10.1. The maximum absolute atomic E-state index is 8.80. The van der Waals surface area contributed by atoms with Crippen molar-refractivity contribution in [2.45, 2.75) is 26.8 Å². The van der Waals surface area contributed by atoms with Gasteiger partial charge in [-0.3, -0.25) is 0 Å². The number of anilines is 1. The standard InChI is InChI=1S/C12H17N3/c1-9(2)10(3)15(4)12-7-11(8-13)5-6-14-12/h5-7,9-10H,1-4H3. The molecule has 0 N–H and O–H groups in total. The predicted molar refractivity (Wildman–Crippen MR) is 61.7 cm³/mol. The van der Waals surface area contributed by atoms with Gasteiger partial charge in [0.05, 0.1) is 11.6 Å². The maximum atomic E-state index is 8.80. The fourth-order valence-corrected chi connectivity index (χ4v) is 1.34. The second-order valence-corrected chi connectivity index (χ2v) is 4.11. The third kappa shape index (κ3) is 2.69. The molecule has 80 valence electrons. The lowest BCUT2D eigenvalue weighted by Crippen LogP contribution is -2.33. The van der Waals surface area contributed by atoms with E-state index in [1.165, 1.54) is 0 Å². The average molecular weight is 203 g/mol. The van der Waals surface area contributed by atoms with Gasteiger partial charge >= 0.3 is 0 Å². The molecule has 1 aromatic rings. The van der Waals surface area contributed by atoms with E-state index in [2.05, 4.69) is 36.7 Å². The van der Waals surface area contributed by atoms with E-state index in [1.807, 2.05) is 13.1 Å². The number of aromatic nitrogens is 1. The summed E-state index contributed by atoms with van der Waals surface area (Å²) in [6.45, 7) is 6.51. The minimum absolute atomic E-state index is 0.409. The number of hydrogen-bond donors (Lipinski definition) is 0. The Kier molecular flexibility index (Phi) is 3.68. The molecule has 0 saturated heterocycles. The van der Waals surface area contributed by atoms with Gasteiger partial charge in [-0.2, -0.15) is 5.26 Å². The van der Waals surface area contributed by atoms with Crippen LogP contribution in [0.2, 0.25) is 0 Å². The Morgan fingerprint density at radius 2 is 2.07 bits per heavy atom. The van der Waals surface area contributed by atoms with Crippen molar-refractivity contribution in [1.82, 2.24) is 4.98 Å². The molecule has 3 nitrogen and oxygen atoms in total. The van der Waals surface area contributed by atoms with E-state index >= 15 is 0 Å². The second kappa shape index (κ2) is 4.79. The minimum Gasteiger partial charge on any atom is -0.357 e. The van der Waals surface area contributed by atoms with Crippen molar-refractivity contribution < 1.29 is 0 Å². The Morgan fingerprint density at radius 1 is 1.40 bits per heavy atom. The molecular weight excluding hydrogens is 186 g/mol. The SMILES string of the molecule is CC(C)C(C)N(C)c1cc(C#N)ccn1. The predicted octanol–water partition coefficient (Wildman–Crippen LogP) is 2.43. The van der Waals surface area contributed by atoms with E-state index in [1.54, 1.807) is 12.3 Å². The van der Waals surface area contributed by atoms with Gasteiger partial charge < -0.3 is 4.90 Å². The van der Waals surface area contributed by atoms with E-state index in [0.29, 0.717) is 17.5 Å². The van der Waals surface area contributed by atoms with Gasteiger partial charge in [0, 0.05) is 19.3 Å². The van der Waals surface area contributed by atoms with Crippen LogP contribution >= 0.6 is 0 Å². The van der Waals surface area contributed by atoms with Crippen molar-refractivity contribution in [2.75, 3.05) is 11.9 Å². The zero-order valence-electron chi connectivity index (χ0n) is 9.73. The first-order chi connectivity index (χ1) is 7.06. The summed E-state index contributed by atoms with van der Waals surface area (Å²) in [5, 5.41) is 8.80. The normalized spacial score (nSPS) is 12.3. The molecule has 15 heavy (non-hydrogen) atoms. The molecule has 0 aliphatic carbocycles. The van der Waals surface area contributed by atoms with Gasteiger partial charge in [0.25, 0.3) is 0 Å². The molecule has 0 spiro atoms. The first-order valence-corrected chi connectivity index (χ1v) is 5.15. The van der Waals surface area contributed by atoms with E-state index in [0.717, 1.165) is 5.82 Å². The van der Waals surface area contributed by atoms with Gasteiger partial charge in [0.2, 0.25) is 0 Å². The molecule has 1 heterocycles. The zero-order chi connectivity index (χ0) is 11.4. The number of nitriles is 1. The summed E-state index contributed by atoms with van der Waals surface area (Å²) in [4.78, 5) is 6.37. The molecular formula is C12H17N3.